The van der Waals surface area contributed by atoms with Crippen molar-refractivity contribution in [3.63, 3.8) is 0 Å². The van der Waals surface area contributed by atoms with E-state index in [1.54, 1.807) is 0 Å². The molecule has 0 aromatic rings. The number of amides is 1. The van der Waals surface area contributed by atoms with Gasteiger partial charge >= 0.3 is 0 Å². The van der Waals surface area contributed by atoms with Crippen LogP contribution in [0.5, 0.6) is 0 Å². The summed E-state index contributed by atoms with van der Waals surface area (Å²) in [6.07, 6.45) is 3.22. The quantitative estimate of drug-likeness (QED) is 0.602. The minimum atomic E-state index is 0.111. The van der Waals surface area contributed by atoms with Gasteiger partial charge in [0.1, 0.15) is 0 Å². The van der Waals surface area contributed by atoms with Crippen LogP contribution in [0.1, 0.15) is 40.0 Å². The van der Waals surface area contributed by atoms with Gasteiger partial charge in [0.25, 0.3) is 0 Å². The highest BCUT2D eigenvalue weighted by Gasteiger charge is 2.78. The third-order valence-electron chi connectivity index (χ3n) is 5.50. The van der Waals surface area contributed by atoms with Crippen LogP contribution >= 0.6 is 0 Å². The van der Waals surface area contributed by atoms with Crippen LogP contribution in [0, 0.1) is 16.7 Å². The summed E-state index contributed by atoms with van der Waals surface area (Å²) in [5, 5.41) is 3.18. The fourth-order valence-electron chi connectivity index (χ4n) is 4.58. The molecule has 0 aromatic carbocycles. The Bertz CT molecular complexity index is 313. The first-order valence-electron chi connectivity index (χ1n) is 5.22. The highest BCUT2D eigenvalue weighted by atomic mass is 16.1. The van der Waals surface area contributed by atoms with E-state index >= 15 is 0 Å². The highest BCUT2D eigenvalue weighted by Crippen LogP contribution is 2.78. The number of hydrogen-bond donors (Lipinski definition) is 1. The van der Waals surface area contributed by atoms with Crippen LogP contribution in [0.4, 0.5) is 0 Å². The van der Waals surface area contributed by atoms with Crippen LogP contribution in [0.25, 0.3) is 0 Å². The molecule has 1 saturated heterocycles. The van der Waals surface area contributed by atoms with E-state index in [1.807, 2.05) is 0 Å². The zero-order chi connectivity index (χ0) is 9.48. The number of carbonyl (C=O) groups excluding carboxylic acids is 1. The summed E-state index contributed by atoms with van der Waals surface area (Å²) in [5.41, 5.74) is 1.04. The fraction of sp³-hybridized carbons (Fsp3) is 0.909. The van der Waals surface area contributed by atoms with Crippen LogP contribution in [-0.4, -0.2) is 11.4 Å². The van der Waals surface area contributed by atoms with Gasteiger partial charge in [0.2, 0.25) is 5.91 Å². The van der Waals surface area contributed by atoms with Crippen molar-refractivity contribution in [2.24, 2.45) is 16.7 Å². The molecular formula is C11H17NO. The summed E-state index contributed by atoms with van der Waals surface area (Å²) in [7, 11) is 0. The maximum absolute atomic E-state index is 11.4. The van der Waals surface area contributed by atoms with E-state index in [9.17, 15) is 4.79 Å². The molecule has 3 fully saturated rings. The number of rotatable bonds is 0. The molecule has 13 heavy (non-hydrogen) atoms. The summed E-state index contributed by atoms with van der Waals surface area (Å²) in [6, 6.07) is 0. The molecule has 3 rings (SSSR count). The highest BCUT2D eigenvalue weighted by molar-refractivity contribution is 5.80. The molecule has 0 radical (unpaired) electrons. The molecule has 0 bridgehead atoms. The predicted octanol–water partition coefficient (Wildman–Crippen LogP) is 1.70. The first-order valence-corrected chi connectivity index (χ1v) is 5.22. The molecule has 1 heterocycles. The second-order valence-corrected chi connectivity index (χ2v) is 5.93. The standard InChI is InChI=1S/C11H17NO/c1-9-5-7-4-8(13)12-10(2,6-9)11(7,9)3/h7H,4-6H2,1-3H3,(H,12,13). The van der Waals surface area contributed by atoms with Crippen LogP contribution in [0.3, 0.4) is 0 Å². The average molecular weight is 179 g/mol. The molecule has 4 atom stereocenters. The normalized spacial score (nSPS) is 63.0. The Labute approximate surface area is 79.1 Å². The molecule has 2 saturated carbocycles. The van der Waals surface area contributed by atoms with Gasteiger partial charge in [-0.15, -0.1) is 0 Å². The molecule has 2 heteroatoms. The monoisotopic (exact) mass is 179 g/mol. The molecule has 2 aliphatic carbocycles. The van der Waals surface area contributed by atoms with Crippen molar-refractivity contribution in [3.05, 3.63) is 0 Å². The fourth-order valence-corrected chi connectivity index (χ4v) is 4.58. The topological polar surface area (TPSA) is 29.1 Å². The van der Waals surface area contributed by atoms with E-state index < -0.39 is 0 Å². The summed E-state index contributed by atoms with van der Waals surface area (Å²) in [6.45, 7) is 6.96. The summed E-state index contributed by atoms with van der Waals surface area (Å²) in [5.74, 6) is 0.928. The van der Waals surface area contributed by atoms with Crippen LogP contribution < -0.4 is 5.32 Å². The van der Waals surface area contributed by atoms with Gasteiger partial charge < -0.3 is 5.32 Å². The van der Waals surface area contributed by atoms with E-state index in [1.165, 1.54) is 12.8 Å². The Morgan fingerprint density at radius 3 is 2.62 bits per heavy atom. The van der Waals surface area contributed by atoms with Crippen LogP contribution in [0.15, 0.2) is 0 Å². The number of carbonyl (C=O) groups is 1. The second-order valence-electron chi connectivity index (χ2n) is 5.93. The summed E-state index contributed by atoms with van der Waals surface area (Å²) >= 11 is 0. The lowest BCUT2D eigenvalue weighted by molar-refractivity contribution is -0.286. The van der Waals surface area contributed by atoms with Gasteiger partial charge in [0.15, 0.2) is 0 Å². The van der Waals surface area contributed by atoms with Crippen LogP contribution in [-0.2, 0) is 4.79 Å². The zero-order valence-corrected chi connectivity index (χ0v) is 8.61. The predicted molar refractivity (Wildman–Crippen MR) is 50.1 cm³/mol. The lowest BCUT2D eigenvalue weighted by atomic mass is 9.27. The van der Waals surface area contributed by atoms with Crippen molar-refractivity contribution >= 4 is 5.91 Å². The Balaban J connectivity index is 2.03. The number of piperidine rings is 1. The first-order chi connectivity index (χ1) is 5.91. The van der Waals surface area contributed by atoms with E-state index in [-0.39, 0.29) is 11.4 Å². The van der Waals surface area contributed by atoms with Crippen molar-refractivity contribution in [1.29, 1.82) is 0 Å². The first kappa shape index (κ1) is 7.84. The van der Waals surface area contributed by atoms with Crippen molar-refractivity contribution in [2.45, 2.75) is 45.6 Å². The smallest absolute Gasteiger partial charge is 0.220 e. The van der Waals surface area contributed by atoms with E-state index in [0.29, 0.717) is 16.7 Å². The summed E-state index contributed by atoms with van der Waals surface area (Å²) < 4.78 is 0. The molecule has 3 aliphatic rings. The molecule has 4 unspecified atom stereocenters. The third-order valence-corrected chi connectivity index (χ3v) is 5.50. The maximum Gasteiger partial charge on any atom is 0.220 e. The molecule has 0 aromatic heterocycles. The SMILES string of the molecule is CC12CC3CC(=O)NC(C)(C1)C32C. The van der Waals surface area contributed by atoms with Gasteiger partial charge in [-0.2, -0.15) is 0 Å². The molecular weight excluding hydrogens is 162 g/mol. The van der Waals surface area contributed by atoms with Gasteiger partial charge in [0.05, 0.1) is 0 Å². The number of nitrogens with one attached hydrogen (secondary N) is 1. The largest absolute Gasteiger partial charge is 0.350 e. The zero-order valence-electron chi connectivity index (χ0n) is 8.61. The Hall–Kier alpha value is -0.530. The van der Waals surface area contributed by atoms with Gasteiger partial charge in [-0.25, -0.2) is 0 Å². The van der Waals surface area contributed by atoms with Gasteiger partial charge in [-0.3, -0.25) is 4.79 Å². The van der Waals surface area contributed by atoms with E-state index in [0.717, 1.165) is 6.42 Å². The second kappa shape index (κ2) is 1.67. The summed E-state index contributed by atoms with van der Waals surface area (Å²) in [4.78, 5) is 11.4. The average Bonchev–Trinajstić information content (AvgIpc) is 1.98. The lowest BCUT2D eigenvalue weighted by Crippen LogP contribution is -2.84. The molecule has 0 spiro atoms. The van der Waals surface area contributed by atoms with Gasteiger partial charge in [-0.05, 0) is 36.5 Å². The maximum atomic E-state index is 11.4. The van der Waals surface area contributed by atoms with Gasteiger partial charge in [-0.1, -0.05) is 13.8 Å². The molecule has 1 N–H and O–H groups in total. The molecule has 72 valence electrons. The Kier molecular flexibility index (Phi) is 1.00. The van der Waals surface area contributed by atoms with E-state index in [2.05, 4.69) is 26.1 Å². The lowest BCUT2D eigenvalue weighted by Gasteiger charge is -2.80. The van der Waals surface area contributed by atoms with Crippen molar-refractivity contribution in [3.8, 4) is 0 Å². The van der Waals surface area contributed by atoms with Crippen molar-refractivity contribution in [1.82, 2.24) is 5.32 Å². The van der Waals surface area contributed by atoms with Gasteiger partial charge in [0, 0.05) is 12.0 Å². The third kappa shape index (κ3) is 0.544. The molecule has 2 nitrogen and oxygen atoms in total. The van der Waals surface area contributed by atoms with Crippen LogP contribution in [0.2, 0.25) is 0 Å². The number of hydrogen-bond acceptors (Lipinski definition) is 1. The Morgan fingerprint density at radius 2 is 2.08 bits per heavy atom. The molecule has 1 amide bonds. The van der Waals surface area contributed by atoms with Crippen molar-refractivity contribution in [2.75, 3.05) is 0 Å². The van der Waals surface area contributed by atoms with Crippen molar-refractivity contribution < 1.29 is 4.79 Å². The minimum Gasteiger partial charge on any atom is -0.350 e. The molecule has 1 aliphatic heterocycles. The van der Waals surface area contributed by atoms with E-state index in [4.69, 9.17) is 0 Å². The minimum absolute atomic E-state index is 0.111. The Morgan fingerprint density at radius 1 is 1.38 bits per heavy atom.